The number of benzene rings is 1. The maximum atomic E-state index is 12.4. The summed E-state index contributed by atoms with van der Waals surface area (Å²) in [5.74, 6) is 0.140. The molecule has 0 bridgehead atoms. The molecule has 1 aliphatic carbocycles. The highest BCUT2D eigenvalue weighted by molar-refractivity contribution is 5.87. The number of nitrogens with zero attached hydrogens (tertiary/aromatic N) is 1. The first-order chi connectivity index (χ1) is 9.03. The van der Waals surface area contributed by atoms with Crippen molar-refractivity contribution >= 4 is 11.5 Å². The van der Waals surface area contributed by atoms with Gasteiger partial charge in [0.05, 0.1) is 4.92 Å². The summed E-state index contributed by atoms with van der Waals surface area (Å²) in [7, 11) is 0. The van der Waals surface area contributed by atoms with E-state index in [1.165, 1.54) is 12.5 Å². The quantitative estimate of drug-likeness (QED) is 0.613. The lowest BCUT2D eigenvalue weighted by molar-refractivity contribution is -0.385. The Hall–Kier alpha value is -1.71. The lowest BCUT2D eigenvalue weighted by Gasteiger charge is -2.32. The lowest BCUT2D eigenvalue weighted by atomic mass is 9.71. The van der Waals surface area contributed by atoms with Crippen molar-refractivity contribution in [1.82, 2.24) is 0 Å². The van der Waals surface area contributed by atoms with Crippen LogP contribution in [0.4, 0.5) is 5.69 Å². The van der Waals surface area contributed by atoms with Gasteiger partial charge in [-0.2, -0.15) is 0 Å². The number of nitro groups is 1. The summed E-state index contributed by atoms with van der Waals surface area (Å²) in [5.41, 5.74) is 0.293. The number of hydrogen-bond acceptors (Lipinski definition) is 3. The largest absolute Gasteiger partial charge is 0.299 e. The molecule has 0 atom stereocenters. The van der Waals surface area contributed by atoms with Gasteiger partial charge in [0.15, 0.2) is 0 Å². The molecule has 19 heavy (non-hydrogen) atoms. The average molecular weight is 261 g/mol. The third kappa shape index (κ3) is 3.00. The third-order valence-corrected chi connectivity index (χ3v) is 4.17. The molecular formula is C15H19NO3. The van der Waals surface area contributed by atoms with E-state index in [1.54, 1.807) is 18.2 Å². The van der Waals surface area contributed by atoms with Crippen molar-refractivity contribution in [2.24, 2.45) is 5.41 Å². The van der Waals surface area contributed by atoms with E-state index in [-0.39, 0.29) is 23.3 Å². The minimum Gasteiger partial charge on any atom is -0.299 e. The minimum absolute atomic E-state index is 0.0512. The van der Waals surface area contributed by atoms with E-state index in [2.05, 4.69) is 0 Å². The molecule has 0 spiro atoms. The number of carbonyl (C=O) groups is 1. The first kappa shape index (κ1) is 13.7. The van der Waals surface area contributed by atoms with Crippen molar-refractivity contribution < 1.29 is 9.72 Å². The SMILES string of the molecule is CC1(C(=O)Cc2ccccc2[N+](=O)[O-])CCCCC1. The van der Waals surface area contributed by atoms with Crippen molar-refractivity contribution in [3.63, 3.8) is 0 Å². The van der Waals surface area contributed by atoms with Crippen LogP contribution in [0.1, 0.15) is 44.6 Å². The summed E-state index contributed by atoms with van der Waals surface area (Å²) in [5, 5.41) is 11.0. The number of nitro benzene ring substituents is 1. The van der Waals surface area contributed by atoms with Gasteiger partial charge in [0.25, 0.3) is 5.69 Å². The fraction of sp³-hybridized carbons (Fsp3) is 0.533. The molecule has 0 aliphatic heterocycles. The Bertz CT molecular complexity index is 490. The van der Waals surface area contributed by atoms with Gasteiger partial charge in [0.1, 0.15) is 5.78 Å². The summed E-state index contributed by atoms with van der Waals surface area (Å²) < 4.78 is 0. The zero-order valence-electron chi connectivity index (χ0n) is 11.2. The summed E-state index contributed by atoms with van der Waals surface area (Å²) >= 11 is 0. The Morgan fingerprint density at radius 1 is 1.26 bits per heavy atom. The first-order valence-corrected chi connectivity index (χ1v) is 6.78. The van der Waals surface area contributed by atoms with Gasteiger partial charge in [-0.25, -0.2) is 0 Å². The van der Waals surface area contributed by atoms with Gasteiger partial charge in [0.2, 0.25) is 0 Å². The summed E-state index contributed by atoms with van der Waals surface area (Å²) in [4.78, 5) is 23.0. The van der Waals surface area contributed by atoms with Crippen molar-refractivity contribution in [2.45, 2.75) is 45.4 Å². The van der Waals surface area contributed by atoms with Gasteiger partial charge < -0.3 is 0 Å². The molecule has 0 radical (unpaired) electrons. The average Bonchev–Trinajstić information content (AvgIpc) is 2.40. The maximum absolute atomic E-state index is 12.4. The molecule has 0 aromatic heterocycles. The molecule has 4 heteroatoms. The molecular weight excluding hydrogens is 242 g/mol. The standard InChI is InChI=1S/C15H19NO3/c1-15(9-5-2-6-10-15)14(17)11-12-7-3-4-8-13(12)16(18)19/h3-4,7-8H,2,5-6,9-11H2,1H3. The van der Waals surface area contributed by atoms with Crippen LogP contribution in [0.25, 0.3) is 0 Å². The van der Waals surface area contributed by atoms with E-state index < -0.39 is 4.92 Å². The fourth-order valence-electron chi connectivity index (χ4n) is 2.84. The Morgan fingerprint density at radius 2 is 1.89 bits per heavy atom. The molecule has 0 unspecified atom stereocenters. The summed E-state index contributed by atoms with van der Waals surface area (Å²) in [6.07, 6.45) is 5.35. The molecule has 0 heterocycles. The number of para-hydroxylation sites is 1. The highest BCUT2D eigenvalue weighted by Crippen LogP contribution is 2.37. The number of ketones is 1. The van der Waals surface area contributed by atoms with Gasteiger partial charge in [-0.1, -0.05) is 44.4 Å². The van der Waals surface area contributed by atoms with E-state index in [1.807, 2.05) is 6.92 Å². The van der Waals surface area contributed by atoms with Crippen molar-refractivity contribution in [3.05, 3.63) is 39.9 Å². The fourth-order valence-corrected chi connectivity index (χ4v) is 2.84. The Morgan fingerprint density at radius 3 is 2.53 bits per heavy atom. The molecule has 1 aromatic carbocycles. The minimum atomic E-state index is -0.411. The molecule has 0 saturated heterocycles. The van der Waals surface area contributed by atoms with Crippen molar-refractivity contribution in [3.8, 4) is 0 Å². The van der Waals surface area contributed by atoms with Crippen LogP contribution in [0.3, 0.4) is 0 Å². The van der Waals surface area contributed by atoms with Crippen LogP contribution < -0.4 is 0 Å². The molecule has 1 saturated carbocycles. The highest BCUT2D eigenvalue weighted by atomic mass is 16.6. The van der Waals surface area contributed by atoms with Gasteiger partial charge in [-0.05, 0) is 12.8 Å². The summed E-state index contributed by atoms with van der Waals surface area (Å²) in [6, 6.07) is 6.53. The first-order valence-electron chi connectivity index (χ1n) is 6.78. The Labute approximate surface area is 113 Å². The smallest absolute Gasteiger partial charge is 0.273 e. The lowest BCUT2D eigenvalue weighted by Crippen LogP contribution is -2.31. The topological polar surface area (TPSA) is 60.2 Å². The predicted octanol–water partition coefficient (Wildman–Crippen LogP) is 3.68. The molecule has 102 valence electrons. The van der Waals surface area contributed by atoms with Crippen LogP contribution in [-0.4, -0.2) is 10.7 Å². The second-order valence-corrected chi connectivity index (χ2v) is 5.61. The second-order valence-electron chi connectivity index (χ2n) is 5.61. The maximum Gasteiger partial charge on any atom is 0.273 e. The molecule has 1 fully saturated rings. The van der Waals surface area contributed by atoms with E-state index in [9.17, 15) is 14.9 Å². The highest BCUT2D eigenvalue weighted by Gasteiger charge is 2.34. The molecule has 0 amide bonds. The Kier molecular flexibility index (Phi) is 3.98. The molecule has 4 nitrogen and oxygen atoms in total. The van der Waals surface area contributed by atoms with Crippen LogP contribution in [0.15, 0.2) is 24.3 Å². The van der Waals surface area contributed by atoms with Gasteiger partial charge in [-0.3, -0.25) is 14.9 Å². The van der Waals surface area contributed by atoms with Crippen LogP contribution in [0.2, 0.25) is 0 Å². The van der Waals surface area contributed by atoms with Crippen LogP contribution in [0.5, 0.6) is 0 Å². The van der Waals surface area contributed by atoms with Gasteiger partial charge in [0, 0.05) is 23.5 Å². The van der Waals surface area contributed by atoms with Crippen molar-refractivity contribution in [2.75, 3.05) is 0 Å². The van der Waals surface area contributed by atoms with Gasteiger partial charge >= 0.3 is 0 Å². The van der Waals surface area contributed by atoms with E-state index in [0.29, 0.717) is 5.56 Å². The van der Waals surface area contributed by atoms with E-state index in [0.717, 1.165) is 25.7 Å². The molecule has 2 rings (SSSR count). The Balaban J connectivity index is 2.17. The van der Waals surface area contributed by atoms with Crippen LogP contribution >= 0.6 is 0 Å². The molecule has 0 N–H and O–H groups in total. The molecule has 1 aliphatic rings. The zero-order chi connectivity index (χ0) is 13.9. The predicted molar refractivity (Wildman–Crippen MR) is 73.0 cm³/mol. The van der Waals surface area contributed by atoms with Gasteiger partial charge in [-0.15, -0.1) is 0 Å². The summed E-state index contributed by atoms with van der Waals surface area (Å²) in [6.45, 7) is 2.00. The normalized spacial score (nSPS) is 17.9. The molecule has 1 aromatic rings. The second kappa shape index (κ2) is 5.51. The monoisotopic (exact) mass is 261 g/mol. The zero-order valence-corrected chi connectivity index (χ0v) is 11.2. The van der Waals surface area contributed by atoms with E-state index in [4.69, 9.17) is 0 Å². The van der Waals surface area contributed by atoms with Crippen molar-refractivity contribution in [1.29, 1.82) is 0 Å². The number of carbonyl (C=O) groups excluding carboxylic acids is 1. The number of Topliss-reactive ketones (excluding diaryl/α,β-unsaturated/α-hetero) is 1. The number of hydrogen-bond donors (Lipinski definition) is 0. The third-order valence-electron chi connectivity index (χ3n) is 4.17. The van der Waals surface area contributed by atoms with Crippen LogP contribution in [-0.2, 0) is 11.2 Å². The van der Waals surface area contributed by atoms with E-state index >= 15 is 0 Å². The van der Waals surface area contributed by atoms with Crippen LogP contribution in [0, 0.1) is 15.5 Å². The number of rotatable bonds is 4.